The van der Waals surface area contributed by atoms with Crippen LogP contribution in [0.25, 0.3) is 0 Å². The number of hydrogen-bond acceptors (Lipinski definition) is 3. The van der Waals surface area contributed by atoms with Gasteiger partial charge in [-0.3, -0.25) is 4.79 Å². The Bertz CT molecular complexity index is 824. The molecule has 0 bridgehead atoms. The van der Waals surface area contributed by atoms with Crippen LogP contribution in [0.3, 0.4) is 0 Å². The van der Waals surface area contributed by atoms with Crippen molar-refractivity contribution in [3.8, 4) is 11.8 Å². The number of halogens is 1. The number of carbonyl (C=O) groups excluding carboxylic acids is 1. The lowest BCUT2D eigenvalue weighted by Crippen LogP contribution is -2.41. The van der Waals surface area contributed by atoms with E-state index < -0.39 is 17.9 Å². The van der Waals surface area contributed by atoms with Crippen molar-refractivity contribution in [2.24, 2.45) is 0 Å². The van der Waals surface area contributed by atoms with Crippen molar-refractivity contribution >= 4 is 23.5 Å². The maximum atomic E-state index is 12.2. The highest BCUT2D eigenvalue weighted by molar-refractivity contribution is 6.31. The van der Waals surface area contributed by atoms with Crippen molar-refractivity contribution in [1.29, 1.82) is 0 Å². The summed E-state index contributed by atoms with van der Waals surface area (Å²) >= 11 is 6.11. The van der Waals surface area contributed by atoms with E-state index in [9.17, 15) is 9.59 Å². The molecule has 2 aromatic rings. The summed E-state index contributed by atoms with van der Waals surface area (Å²) in [7, 11) is 0. The summed E-state index contributed by atoms with van der Waals surface area (Å²) in [6, 6.07) is 12.7. The molecule has 0 heterocycles. The predicted octanol–water partition coefficient (Wildman–Crippen LogP) is 2.31. The second-order valence-corrected chi connectivity index (χ2v) is 5.59. The first-order valence-electron chi connectivity index (χ1n) is 7.52. The van der Waals surface area contributed by atoms with E-state index in [4.69, 9.17) is 21.8 Å². The van der Waals surface area contributed by atoms with Crippen molar-refractivity contribution < 1.29 is 19.8 Å². The second-order valence-electron chi connectivity index (χ2n) is 5.19. The quantitative estimate of drug-likeness (QED) is 0.717. The zero-order valence-electron chi connectivity index (χ0n) is 13.2. The average molecular weight is 358 g/mol. The Morgan fingerprint density at radius 3 is 2.48 bits per heavy atom. The molecule has 1 unspecified atom stereocenters. The lowest BCUT2D eigenvalue weighted by molar-refractivity contribution is -0.139. The van der Waals surface area contributed by atoms with Gasteiger partial charge >= 0.3 is 5.97 Å². The van der Waals surface area contributed by atoms with Crippen molar-refractivity contribution in [2.45, 2.75) is 12.5 Å². The molecule has 128 valence electrons. The van der Waals surface area contributed by atoms with Gasteiger partial charge in [-0.05, 0) is 30.3 Å². The molecule has 6 heteroatoms. The molecule has 1 atom stereocenters. The molecule has 0 aromatic heterocycles. The van der Waals surface area contributed by atoms with Gasteiger partial charge in [0, 0.05) is 29.7 Å². The Morgan fingerprint density at radius 1 is 1.12 bits per heavy atom. The zero-order valence-corrected chi connectivity index (χ0v) is 14.0. The average Bonchev–Trinajstić information content (AvgIpc) is 2.61. The van der Waals surface area contributed by atoms with Gasteiger partial charge in [-0.25, -0.2) is 4.79 Å². The molecule has 0 saturated heterocycles. The standard InChI is InChI=1S/C19H16ClNO4/c20-16-9-8-15(18(23)21-17(10-11-22)19(24)25)12-14(16)7-6-13-4-2-1-3-5-13/h1-5,8-9,12,17,22H,10-11H2,(H,21,23)(H,24,25). The highest BCUT2D eigenvalue weighted by atomic mass is 35.5. The number of aliphatic hydroxyl groups excluding tert-OH is 1. The summed E-state index contributed by atoms with van der Waals surface area (Å²) in [6.45, 7) is -0.342. The molecule has 1 amide bonds. The van der Waals surface area contributed by atoms with Crippen LogP contribution < -0.4 is 5.32 Å². The van der Waals surface area contributed by atoms with E-state index in [2.05, 4.69) is 17.2 Å². The molecule has 25 heavy (non-hydrogen) atoms. The summed E-state index contributed by atoms with van der Waals surface area (Å²) in [6.07, 6.45) is -0.0741. The predicted molar refractivity (Wildman–Crippen MR) is 94.5 cm³/mol. The minimum Gasteiger partial charge on any atom is -0.480 e. The third-order valence-corrected chi connectivity index (χ3v) is 3.69. The van der Waals surface area contributed by atoms with Gasteiger partial charge in [0.25, 0.3) is 5.91 Å². The first-order valence-corrected chi connectivity index (χ1v) is 7.90. The maximum Gasteiger partial charge on any atom is 0.326 e. The molecule has 0 aliphatic rings. The molecule has 2 aromatic carbocycles. The third-order valence-electron chi connectivity index (χ3n) is 3.37. The number of carbonyl (C=O) groups is 2. The van der Waals surface area contributed by atoms with Crippen LogP contribution in [-0.2, 0) is 4.79 Å². The fraction of sp³-hybridized carbons (Fsp3) is 0.158. The van der Waals surface area contributed by atoms with Crippen LogP contribution >= 0.6 is 11.6 Å². The lowest BCUT2D eigenvalue weighted by Gasteiger charge is -2.13. The fourth-order valence-corrected chi connectivity index (χ4v) is 2.22. The largest absolute Gasteiger partial charge is 0.480 e. The van der Waals surface area contributed by atoms with Crippen LogP contribution in [0, 0.1) is 11.8 Å². The Morgan fingerprint density at radius 2 is 1.84 bits per heavy atom. The minimum absolute atomic E-state index is 0.0741. The van der Waals surface area contributed by atoms with Gasteiger partial charge in [0.15, 0.2) is 0 Å². The monoisotopic (exact) mass is 357 g/mol. The summed E-state index contributed by atoms with van der Waals surface area (Å²) in [5, 5.41) is 20.7. The highest BCUT2D eigenvalue weighted by Crippen LogP contribution is 2.17. The van der Waals surface area contributed by atoms with Gasteiger partial charge in [-0.2, -0.15) is 0 Å². The van der Waals surface area contributed by atoms with Gasteiger partial charge in [0.05, 0.1) is 5.02 Å². The molecule has 0 aliphatic carbocycles. The number of rotatable bonds is 5. The number of amides is 1. The minimum atomic E-state index is -1.21. The molecule has 2 rings (SSSR count). The van der Waals surface area contributed by atoms with Gasteiger partial charge in [0.1, 0.15) is 6.04 Å². The Kier molecular flexibility index (Phi) is 6.58. The lowest BCUT2D eigenvalue weighted by atomic mass is 10.1. The third kappa shape index (κ3) is 5.35. The zero-order chi connectivity index (χ0) is 18.2. The maximum absolute atomic E-state index is 12.2. The molecule has 0 aliphatic heterocycles. The molecule has 0 saturated carbocycles. The molecule has 3 N–H and O–H groups in total. The number of aliphatic carboxylic acids is 1. The fourth-order valence-electron chi connectivity index (χ4n) is 2.05. The number of nitrogens with one attached hydrogen (secondary N) is 1. The Hall–Kier alpha value is -2.81. The number of benzene rings is 2. The van der Waals surface area contributed by atoms with Crippen molar-refractivity contribution in [3.63, 3.8) is 0 Å². The second kappa shape index (κ2) is 8.88. The number of carboxylic acids is 1. The first kappa shape index (κ1) is 18.5. The molecule has 5 nitrogen and oxygen atoms in total. The smallest absolute Gasteiger partial charge is 0.326 e. The van der Waals surface area contributed by atoms with Gasteiger partial charge in [-0.15, -0.1) is 0 Å². The molecular weight excluding hydrogens is 342 g/mol. The van der Waals surface area contributed by atoms with E-state index >= 15 is 0 Å². The van der Waals surface area contributed by atoms with E-state index in [0.717, 1.165) is 5.56 Å². The van der Waals surface area contributed by atoms with E-state index in [1.165, 1.54) is 18.2 Å². The number of carboxylic acid groups (broad SMARTS) is 1. The summed E-state index contributed by atoms with van der Waals surface area (Å²) < 4.78 is 0. The molecule has 0 radical (unpaired) electrons. The van der Waals surface area contributed by atoms with Crippen LogP contribution in [0.5, 0.6) is 0 Å². The van der Waals surface area contributed by atoms with Gasteiger partial charge < -0.3 is 15.5 Å². The van der Waals surface area contributed by atoms with Crippen molar-refractivity contribution in [1.82, 2.24) is 5.32 Å². The van der Waals surface area contributed by atoms with Crippen LogP contribution in [-0.4, -0.2) is 34.7 Å². The van der Waals surface area contributed by atoms with Crippen LogP contribution in [0.4, 0.5) is 0 Å². The van der Waals surface area contributed by atoms with Gasteiger partial charge in [0.2, 0.25) is 0 Å². The molecule has 0 spiro atoms. The summed E-state index contributed by atoms with van der Waals surface area (Å²) in [5.41, 5.74) is 1.51. The normalized spacial score (nSPS) is 11.1. The SMILES string of the molecule is O=C(NC(CCO)C(=O)O)c1ccc(Cl)c(C#Cc2ccccc2)c1. The van der Waals surface area contributed by atoms with Crippen LogP contribution in [0.2, 0.25) is 5.02 Å². The van der Waals surface area contributed by atoms with Crippen molar-refractivity contribution in [2.75, 3.05) is 6.61 Å². The van der Waals surface area contributed by atoms with E-state index in [1.807, 2.05) is 30.3 Å². The van der Waals surface area contributed by atoms with Crippen LogP contribution in [0.15, 0.2) is 48.5 Å². The Labute approximate surface area is 150 Å². The number of hydrogen-bond donors (Lipinski definition) is 3. The summed E-state index contributed by atoms with van der Waals surface area (Å²) in [4.78, 5) is 23.3. The van der Waals surface area contributed by atoms with Crippen molar-refractivity contribution in [3.05, 3.63) is 70.2 Å². The van der Waals surface area contributed by atoms with Crippen LogP contribution in [0.1, 0.15) is 27.9 Å². The van der Waals surface area contributed by atoms with E-state index in [-0.39, 0.29) is 18.6 Å². The van der Waals surface area contributed by atoms with Gasteiger partial charge in [-0.1, -0.05) is 41.6 Å². The summed E-state index contributed by atoms with van der Waals surface area (Å²) in [5.74, 6) is 4.08. The molecule has 0 fully saturated rings. The molecular formula is C19H16ClNO4. The Balaban J connectivity index is 2.22. The van der Waals surface area contributed by atoms with E-state index in [0.29, 0.717) is 10.6 Å². The number of aliphatic hydroxyl groups is 1. The highest BCUT2D eigenvalue weighted by Gasteiger charge is 2.20. The van der Waals surface area contributed by atoms with E-state index in [1.54, 1.807) is 0 Å². The topological polar surface area (TPSA) is 86.6 Å². The first-order chi connectivity index (χ1) is 12.0.